The molecule has 0 atom stereocenters. The predicted molar refractivity (Wildman–Crippen MR) is 87.6 cm³/mol. The molecule has 8 heteroatoms. The van der Waals surface area contributed by atoms with Gasteiger partial charge in [-0.3, -0.25) is 9.59 Å². The molecule has 23 heavy (non-hydrogen) atoms. The van der Waals surface area contributed by atoms with Crippen LogP contribution in [0.25, 0.3) is 0 Å². The van der Waals surface area contributed by atoms with Crippen LogP contribution in [0.3, 0.4) is 0 Å². The van der Waals surface area contributed by atoms with Gasteiger partial charge in [0.2, 0.25) is 5.91 Å². The zero-order chi connectivity index (χ0) is 17.2. The van der Waals surface area contributed by atoms with Gasteiger partial charge in [-0.25, -0.2) is 4.79 Å². The van der Waals surface area contributed by atoms with Crippen molar-refractivity contribution >= 4 is 35.2 Å². The van der Waals surface area contributed by atoms with Gasteiger partial charge >= 0.3 is 12.0 Å². The van der Waals surface area contributed by atoms with Crippen molar-refractivity contribution in [2.45, 2.75) is 19.3 Å². The fraction of sp³-hybridized carbons (Fsp3) is 0.400. The van der Waals surface area contributed by atoms with E-state index in [1.807, 2.05) is 0 Å². The summed E-state index contributed by atoms with van der Waals surface area (Å²) in [5.41, 5.74) is 0.664. The number of amides is 3. The first-order valence-electron chi connectivity index (χ1n) is 7.14. The second kappa shape index (κ2) is 9.68. The van der Waals surface area contributed by atoms with E-state index in [-0.39, 0.29) is 31.3 Å². The van der Waals surface area contributed by atoms with E-state index < -0.39 is 5.97 Å². The number of nitrogens with one attached hydrogen (secondary N) is 2. The summed E-state index contributed by atoms with van der Waals surface area (Å²) in [4.78, 5) is 35.1. The lowest BCUT2D eigenvalue weighted by Gasteiger charge is -2.16. The molecule has 3 amide bonds. The zero-order valence-electron chi connectivity index (χ0n) is 12.8. The van der Waals surface area contributed by atoms with Crippen LogP contribution in [0.4, 0.5) is 10.5 Å². The highest BCUT2D eigenvalue weighted by Crippen LogP contribution is 2.13. The van der Waals surface area contributed by atoms with Gasteiger partial charge in [-0.05, 0) is 30.7 Å². The predicted octanol–water partition coefficient (Wildman–Crippen LogP) is 2.17. The van der Waals surface area contributed by atoms with E-state index in [9.17, 15) is 14.4 Å². The third-order valence-corrected chi connectivity index (χ3v) is 3.24. The Morgan fingerprint density at radius 1 is 1.17 bits per heavy atom. The van der Waals surface area contributed by atoms with E-state index in [1.54, 1.807) is 24.3 Å². The number of carboxylic acid groups (broad SMARTS) is 1. The summed E-state index contributed by atoms with van der Waals surface area (Å²) in [5.74, 6) is -1.11. The number of aliphatic carboxylic acids is 1. The number of anilines is 1. The summed E-state index contributed by atoms with van der Waals surface area (Å²) in [6.45, 7) is 0.475. The summed E-state index contributed by atoms with van der Waals surface area (Å²) in [5, 5.41) is 14.5. The highest BCUT2D eigenvalue weighted by molar-refractivity contribution is 6.30. The quantitative estimate of drug-likeness (QED) is 0.631. The fourth-order valence-electron chi connectivity index (χ4n) is 1.70. The second-order valence-corrected chi connectivity index (χ2v) is 5.39. The highest BCUT2D eigenvalue weighted by atomic mass is 35.5. The van der Waals surface area contributed by atoms with Gasteiger partial charge in [0.1, 0.15) is 0 Å². The number of hydrogen-bond acceptors (Lipinski definition) is 3. The van der Waals surface area contributed by atoms with Crippen molar-refractivity contribution in [1.29, 1.82) is 0 Å². The van der Waals surface area contributed by atoms with E-state index in [0.717, 1.165) is 0 Å². The molecule has 0 aliphatic heterocycles. The van der Waals surface area contributed by atoms with Crippen LogP contribution in [0.5, 0.6) is 0 Å². The van der Waals surface area contributed by atoms with Crippen LogP contribution in [0.1, 0.15) is 19.3 Å². The van der Waals surface area contributed by atoms with Gasteiger partial charge in [-0.2, -0.15) is 0 Å². The van der Waals surface area contributed by atoms with Crippen LogP contribution in [-0.4, -0.2) is 48.1 Å². The largest absolute Gasteiger partial charge is 0.481 e. The van der Waals surface area contributed by atoms with Crippen molar-refractivity contribution in [2.24, 2.45) is 0 Å². The van der Waals surface area contributed by atoms with Crippen LogP contribution in [0.15, 0.2) is 24.3 Å². The van der Waals surface area contributed by atoms with Crippen molar-refractivity contribution in [3.63, 3.8) is 0 Å². The van der Waals surface area contributed by atoms with Crippen molar-refractivity contribution in [3.05, 3.63) is 29.3 Å². The van der Waals surface area contributed by atoms with Crippen LogP contribution >= 0.6 is 11.6 Å². The molecule has 0 bridgehead atoms. The van der Waals surface area contributed by atoms with E-state index in [2.05, 4.69) is 10.6 Å². The standard InChI is InChI=1S/C15H20ClN3O4/c1-19(10-8-14(21)22)15(23)17-9-2-3-13(20)18-12-6-4-11(16)5-7-12/h4-7H,2-3,8-10H2,1H3,(H,17,23)(H,18,20)(H,21,22). The minimum Gasteiger partial charge on any atom is -0.481 e. The van der Waals surface area contributed by atoms with Gasteiger partial charge in [-0.15, -0.1) is 0 Å². The SMILES string of the molecule is CN(CCC(=O)O)C(=O)NCCCC(=O)Nc1ccc(Cl)cc1. The van der Waals surface area contributed by atoms with E-state index in [4.69, 9.17) is 16.7 Å². The lowest BCUT2D eigenvalue weighted by atomic mass is 10.2. The minimum absolute atomic E-state index is 0.104. The number of hydrogen-bond donors (Lipinski definition) is 3. The van der Waals surface area contributed by atoms with Crippen LogP contribution < -0.4 is 10.6 Å². The second-order valence-electron chi connectivity index (χ2n) is 4.96. The monoisotopic (exact) mass is 341 g/mol. The molecule has 126 valence electrons. The Hall–Kier alpha value is -2.28. The fourth-order valence-corrected chi connectivity index (χ4v) is 1.83. The first-order chi connectivity index (χ1) is 10.9. The maximum absolute atomic E-state index is 11.7. The van der Waals surface area contributed by atoms with E-state index >= 15 is 0 Å². The Kier molecular flexibility index (Phi) is 7.90. The number of carbonyl (C=O) groups excluding carboxylic acids is 2. The third-order valence-electron chi connectivity index (χ3n) is 2.99. The van der Waals surface area contributed by atoms with Gasteiger partial charge in [0.25, 0.3) is 0 Å². The lowest BCUT2D eigenvalue weighted by molar-refractivity contribution is -0.137. The van der Waals surface area contributed by atoms with Crippen molar-refractivity contribution in [1.82, 2.24) is 10.2 Å². The molecule has 0 aliphatic carbocycles. The Morgan fingerprint density at radius 3 is 2.43 bits per heavy atom. The van der Waals surface area contributed by atoms with E-state index in [1.165, 1.54) is 11.9 Å². The molecule has 1 aromatic rings. The molecule has 1 rings (SSSR count). The topological polar surface area (TPSA) is 98.7 Å². The van der Waals surface area contributed by atoms with Gasteiger partial charge < -0.3 is 20.6 Å². The van der Waals surface area contributed by atoms with E-state index in [0.29, 0.717) is 23.7 Å². The Balaban J connectivity index is 2.18. The summed E-state index contributed by atoms with van der Waals surface area (Å²) < 4.78 is 0. The summed E-state index contributed by atoms with van der Waals surface area (Å²) >= 11 is 5.76. The van der Waals surface area contributed by atoms with Gasteiger partial charge in [0, 0.05) is 37.3 Å². The molecular formula is C15H20ClN3O4. The molecule has 0 aromatic heterocycles. The van der Waals surface area contributed by atoms with Crippen LogP contribution in [0.2, 0.25) is 5.02 Å². The molecule has 1 aromatic carbocycles. The Bertz CT molecular complexity index is 548. The van der Waals surface area contributed by atoms with Crippen molar-refractivity contribution in [3.8, 4) is 0 Å². The molecule has 7 nitrogen and oxygen atoms in total. The average Bonchev–Trinajstić information content (AvgIpc) is 2.51. The number of carboxylic acids is 1. The van der Waals surface area contributed by atoms with Gasteiger partial charge in [0.15, 0.2) is 0 Å². The lowest BCUT2D eigenvalue weighted by Crippen LogP contribution is -2.38. The maximum atomic E-state index is 11.7. The number of halogens is 1. The molecule has 0 unspecified atom stereocenters. The maximum Gasteiger partial charge on any atom is 0.317 e. The summed E-state index contributed by atoms with van der Waals surface area (Å²) in [6.07, 6.45) is 0.646. The minimum atomic E-state index is -0.955. The van der Waals surface area contributed by atoms with Crippen molar-refractivity contribution in [2.75, 3.05) is 25.5 Å². The zero-order valence-corrected chi connectivity index (χ0v) is 13.6. The Labute approximate surface area is 139 Å². The number of carbonyl (C=O) groups is 3. The number of benzene rings is 1. The van der Waals surface area contributed by atoms with Gasteiger partial charge in [-0.1, -0.05) is 11.6 Å². The number of nitrogens with zero attached hydrogens (tertiary/aromatic N) is 1. The smallest absolute Gasteiger partial charge is 0.317 e. The molecule has 0 fully saturated rings. The number of rotatable bonds is 8. The molecule has 0 saturated carbocycles. The number of urea groups is 1. The van der Waals surface area contributed by atoms with Crippen LogP contribution in [-0.2, 0) is 9.59 Å². The molecule has 0 saturated heterocycles. The van der Waals surface area contributed by atoms with Gasteiger partial charge in [0.05, 0.1) is 6.42 Å². The molecule has 3 N–H and O–H groups in total. The molecule has 0 spiro atoms. The average molecular weight is 342 g/mol. The molecule has 0 heterocycles. The third kappa shape index (κ3) is 8.06. The summed E-state index contributed by atoms with van der Waals surface area (Å²) in [6, 6.07) is 6.43. The van der Waals surface area contributed by atoms with Crippen molar-refractivity contribution < 1.29 is 19.5 Å². The Morgan fingerprint density at radius 2 is 1.83 bits per heavy atom. The summed E-state index contributed by atoms with van der Waals surface area (Å²) in [7, 11) is 1.52. The highest BCUT2D eigenvalue weighted by Gasteiger charge is 2.09. The molecule has 0 radical (unpaired) electrons. The molecule has 0 aliphatic rings. The normalized spacial score (nSPS) is 10.0. The first kappa shape index (κ1) is 18.8. The molecular weight excluding hydrogens is 322 g/mol. The first-order valence-corrected chi connectivity index (χ1v) is 7.52. The van der Waals surface area contributed by atoms with Crippen LogP contribution in [0, 0.1) is 0 Å².